The first-order valence-corrected chi connectivity index (χ1v) is 7.78. The van der Waals surface area contributed by atoms with E-state index in [0.29, 0.717) is 16.6 Å². The van der Waals surface area contributed by atoms with Crippen molar-refractivity contribution in [2.45, 2.75) is 23.9 Å². The van der Waals surface area contributed by atoms with Crippen LogP contribution in [-0.4, -0.2) is 21.3 Å². The summed E-state index contributed by atoms with van der Waals surface area (Å²) in [6, 6.07) is 7.27. The van der Waals surface area contributed by atoms with E-state index in [1.165, 1.54) is 11.8 Å². The summed E-state index contributed by atoms with van der Waals surface area (Å²) in [5.41, 5.74) is 0.992. The van der Waals surface area contributed by atoms with E-state index in [1.54, 1.807) is 12.3 Å². The standard InChI is InChI=1S/C15H13N3O2S/c1-21-15-17-12(11(7-16)14(20)18-15)10-4-2-3-9(13(10)19)8-5-6-8/h2-4,8,19H,5-6H2,1H3,(H,17,18,20). The zero-order valence-electron chi connectivity index (χ0n) is 11.4. The molecule has 0 atom stereocenters. The topological polar surface area (TPSA) is 89.8 Å². The molecule has 0 amide bonds. The van der Waals surface area contributed by atoms with E-state index >= 15 is 0 Å². The van der Waals surface area contributed by atoms with E-state index in [-0.39, 0.29) is 17.0 Å². The van der Waals surface area contributed by atoms with Crippen LogP contribution < -0.4 is 5.56 Å². The molecule has 106 valence electrons. The second-order valence-electron chi connectivity index (χ2n) is 4.93. The van der Waals surface area contributed by atoms with Gasteiger partial charge in [-0.15, -0.1) is 0 Å². The predicted octanol–water partition coefficient (Wildman–Crippen LogP) is 2.61. The molecule has 2 N–H and O–H groups in total. The summed E-state index contributed by atoms with van der Waals surface area (Å²) in [4.78, 5) is 18.8. The molecule has 21 heavy (non-hydrogen) atoms. The summed E-state index contributed by atoms with van der Waals surface area (Å²) >= 11 is 1.28. The number of thioether (sulfide) groups is 1. The molecule has 0 bridgehead atoms. The van der Waals surface area contributed by atoms with Crippen molar-refractivity contribution < 1.29 is 5.11 Å². The molecule has 1 aromatic carbocycles. The van der Waals surface area contributed by atoms with Gasteiger partial charge in [-0.2, -0.15) is 5.26 Å². The van der Waals surface area contributed by atoms with Gasteiger partial charge >= 0.3 is 0 Å². The average Bonchev–Trinajstić information content (AvgIpc) is 3.31. The van der Waals surface area contributed by atoms with Gasteiger partial charge in [-0.1, -0.05) is 23.9 Å². The van der Waals surface area contributed by atoms with E-state index in [0.717, 1.165) is 18.4 Å². The Morgan fingerprint density at radius 2 is 2.24 bits per heavy atom. The molecule has 0 aliphatic heterocycles. The number of aromatic amines is 1. The van der Waals surface area contributed by atoms with Crippen LogP contribution in [0.2, 0.25) is 0 Å². The molecular formula is C15H13N3O2S. The maximum absolute atomic E-state index is 12.0. The number of para-hydroxylation sites is 1. The molecule has 1 aliphatic carbocycles. The number of phenolic OH excluding ortho intramolecular Hbond substituents is 1. The first-order chi connectivity index (χ1) is 10.2. The third-order valence-corrected chi connectivity index (χ3v) is 4.12. The van der Waals surface area contributed by atoms with E-state index in [9.17, 15) is 15.2 Å². The summed E-state index contributed by atoms with van der Waals surface area (Å²) in [5, 5.41) is 20.1. The second-order valence-corrected chi connectivity index (χ2v) is 5.72. The van der Waals surface area contributed by atoms with E-state index in [1.807, 2.05) is 18.2 Å². The lowest BCUT2D eigenvalue weighted by atomic mass is 10.0. The number of nitriles is 1. The highest BCUT2D eigenvalue weighted by Crippen LogP contribution is 2.46. The van der Waals surface area contributed by atoms with Crippen LogP contribution in [0.4, 0.5) is 0 Å². The highest BCUT2D eigenvalue weighted by Gasteiger charge is 2.28. The summed E-state index contributed by atoms with van der Waals surface area (Å²) < 4.78 is 0. The Labute approximate surface area is 125 Å². The fourth-order valence-electron chi connectivity index (χ4n) is 2.32. The quantitative estimate of drug-likeness (QED) is 0.671. The van der Waals surface area contributed by atoms with Crippen molar-refractivity contribution in [2.75, 3.05) is 6.26 Å². The molecule has 1 heterocycles. The minimum atomic E-state index is -0.483. The van der Waals surface area contributed by atoms with Crippen LogP contribution >= 0.6 is 11.8 Å². The predicted molar refractivity (Wildman–Crippen MR) is 80.4 cm³/mol. The molecule has 0 unspecified atom stereocenters. The number of aromatic nitrogens is 2. The first-order valence-electron chi connectivity index (χ1n) is 6.56. The molecule has 1 aromatic heterocycles. The number of nitrogens with zero attached hydrogens (tertiary/aromatic N) is 2. The molecule has 0 radical (unpaired) electrons. The van der Waals surface area contributed by atoms with Crippen molar-refractivity contribution in [3.63, 3.8) is 0 Å². The SMILES string of the molecule is CSc1nc(-c2cccc(C3CC3)c2O)c(C#N)c(=O)[nH]1. The van der Waals surface area contributed by atoms with Crippen LogP contribution in [0.1, 0.15) is 29.9 Å². The summed E-state index contributed by atoms with van der Waals surface area (Å²) in [6.07, 6.45) is 3.90. The number of nitrogens with one attached hydrogen (secondary N) is 1. The molecule has 1 aliphatic rings. The Morgan fingerprint density at radius 3 is 2.86 bits per heavy atom. The van der Waals surface area contributed by atoms with Crippen LogP contribution in [0.3, 0.4) is 0 Å². The van der Waals surface area contributed by atoms with E-state index in [2.05, 4.69) is 9.97 Å². The molecule has 2 aromatic rings. The Balaban J connectivity index is 2.25. The fraction of sp³-hybridized carbons (Fsp3) is 0.267. The third kappa shape index (κ3) is 2.41. The van der Waals surface area contributed by atoms with Crippen LogP contribution in [0, 0.1) is 11.3 Å². The Hall–Kier alpha value is -2.26. The number of rotatable bonds is 3. The van der Waals surface area contributed by atoms with Gasteiger partial charge in [0.1, 0.15) is 23.1 Å². The van der Waals surface area contributed by atoms with Crippen molar-refractivity contribution in [2.24, 2.45) is 0 Å². The summed E-state index contributed by atoms with van der Waals surface area (Å²) in [5.74, 6) is 0.499. The van der Waals surface area contributed by atoms with Gasteiger partial charge in [0.2, 0.25) is 0 Å². The van der Waals surface area contributed by atoms with Crippen molar-refractivity contribution in [1.82, 2.24) is 9.97 Å². The van der Waals surface area contributed by atoms with Gasteiger partial charge in [-0.05, 0) is 36.6 Å². The van der Waals surface area contributed by atoms with Crippen LogP contribution in [0.5, 0.6) is 5.75 Å². The highest BCUT2D eigenvalue weighted by molar-refractivity contribution is 7.98. The third-order valence-electron chi connectivity index (χ3n) is 3.54. The first kappa shape index (κ1) is 13.7. The van der Waals surface area contributed by atoms with Gasteiger partial charge in [0.05, 0.1) is 0 Å². The number of benzene rings is 1. The fourth-order valence-corrected chi connectivity index (χ4v) is 2.70. The lowest BCUT2D eigenvalue weighted by molar-refractivity contribution is 0.470. The monoisotopic (exact) mass is 299 g/mol. The normalized spacial score (nSPS) is 13.9. The zero-order valence-corrected chi connectivity index (χ0v) is 12.2. The number of phenols is 1. The van der Waals surface area contributed by atoms with E-state index in [4.69, 9.17) is 0 Å². The average molecular weight is 299 g/mol. The highest BCUT2D eigenvalue weighted by atomic mass is 32.2. The Morgan fingerprint density at radius 1 is 1.48 bits per heavy atom. The molecule has 1 saturated carbocycles. The minimum absolute atomic E-state index is 0.0731. The largest absolute Gasteiger partial charge is 0.507 e. The number of aromatic hydroxyl groups is 1. The van der Waals surface area contributed by atoms with Gasteiger partial charge in [-0.3, -0.25) is 4.79 Å². The number of hydrogen-bond donors (Lipinski definition) is 2. The molecule has 5 nitrogen and oxygen atoms in total. The molecule has 0 spiro atoms. The molecule has 6 heteroatoms. The maximum atomic E-state index is 12.0. The second kappa shape index (κ2) is 5.26. The van der Waals surface area contributed by atoms with Gasteiger partial charge in [0.15, 0.2) is 5.16 Å². The van der Waals surface area contributed by atoms with Crippen molar-refractivity contribution >= 4 is 11.8 Å². The van der Waals surface area contributed by atoms with Crippen LogP contribution in [-0.2, 0) is 0 Å². The number of hydrogen-bond acceptors (Lipinski definition) is 5. The van der Waals surface area contributed by atoms with Crippen LogP contribution in [0.25, 0.3) is 11.3 Å². The van der Waals surface area contributed by atoms with Crippen molar-refractivity contribution in [3.8, 4) is 23.1 Å². The minimum Gasteiger partial charge on any atom is -0.507 e. The van der Waals surface area contributed by atoms with Crippen molar-refractivity contribution in [3.05, 3.63) is 39.7 Å². The van der Waals surface area contributed by atoms with Crippen LogP contribution in [0.15, 0.2) is 28.2 Å². The molecular weight excluding hydrogens is 286 g/mol. The Kier molecular flexibility index (Phi) is 3.43. The lowest BCUT2D eigenvalue weighted by Crippen LogP contribution is -2.14. The van der Waals surface area contributed by atoms with Gasteiger partial charge in [-0.25, -0.2) is 4.98 Å². The zero-order chi connectivity index (χ0) is 15.0. The maximum Gasteiger partial charge on any atom is 0.270 e. The molecule has 1 fully saturated rings. The van der Waals surface area contributed by atoms with Crippen molar-refractivity contribution in [1.29, 1.82) is 5.26 Å². The van der Waals surface area contributed by atoms with Gasteiger partial charge < -0.3 is 10.1 Å². The molecule has 3 rings (SSSR count). The molecule has 0 saturated heterocycles. The Bertz CT molecular complexity index is 804. The lowest BCUT2D eigenvalue weighted by Gasteiger charge is -2.10. The summed E-state index contributed by atoms with van der Waals surface area (Å²) in [7, 11) is 0. The smallest absolute Gasteiger partial charge is 0.270 e. The number of H-pyrrole nitrogens is 1. The van der Waals surface area contributed by atoms with Gasteiger partial charge in [0, 0.05) is 5.56 Å². The van der Waals surface area contributed by atoms with Gasteiger partial charge in [0.25, 0.3) is 5.56 Å². The summed E-state index contributed by atoms with van der Waals surface area (Å²) in [6.45, 7) is 0. The van der Waals surface area contributed by atoms with E-state index < -0.39 is 5.56 Å².